The lowest BCUT2D eigenvalue weighted by Gasteiger charge is -2.20. The fourth-order valence-electron chi connectivity index (χ4n) is 2.95. The van der Waals surface area contributed by atoms with Crippen LogP contribution in [0.5, 0.6) is 0 Å². The van der Waals surface area contributed by atoms with E-state index in [0.29, 0.717) is 12.6 Å². The van der Waals surface area contributed by atoms with Crippen molar-refractivity contribution >= 4 is 0 Å². The molecular formula is C20H25N5. The van der Waals surface area contributed by atoms with E-state index in [9.17, 15) is 0 Å². The van der Waals surface area contributed by atoms with Crippen LogP contribution < -0.4 is 0 Å². The molecule has 0 aliphatic carbocycles. The maximum absolute atomic E-state index is 4.57. The van der Waals surface area contributed by atoms with Gasteiger partial charge in [0.05, 0.1) is 6.54 Å². The van der Waals surface area contributed by atoms with E-state index in [-0.39, 0.29) is 0 Å². The average Bonchev–Trinajstić information content (AvgIpc) is 3.01. The number of aryl methyl sites for hydroxylation is 2. The van der Waals surface area contributed by atoms with E-state index in [2.05, 4.69) is 69.7 Å². The first-order chi connectivity index (χ1) is 11.9. The molecule has 3 aromatic rings. The molecule has 1 aromatic carbocycles. The molecule has 0 radical (unpaired) electrons. The highest BCUT2D eigenvalue weighted by Gasteiger charge is 2.12. The Morgan fingerprint density at radius 3 is 2.48 bits per heavy atom. The average molecular weight is 335 g/mol. The Hall–Kier alpha value is -2.53. The van der Waals surface area contributed by atoms with E-state index < -0.39 is 0 Å². The fraction of sp³-hybridized carbons (Fsp3) is 0.350. The van der Waals surface area contributed by atoms with E-state index in [0.717, 1.165) is 28.6 Å². The predicted molar refractivity (Wildman–Crippen MR) is 100 cm³/mol. The molecule has 0 spiro atoms. The summed E-state index contributed by atoms with van der Waals surface area (Å²) < 4.78 is 2.10. The van der Waals surface area contributed by atoms with Crippen LogP contribution in [-0.2, 0) is 6.54 Å². The Morgan fingerprint density at radius 2 is 1.80 bits per heavy atom. The van der Waals surface area contributed by atoms with E-state index in [1.807, 2.05) is 32.3 Å². The summed E-state index contributed by atoms with van der Waals surface area (Å²) in [5.41, 5.74) is 4.37. The number of aromatic nitrogens is 4. The van der Waals surface area contributed by atoms with Crippen molar-refractivity contribution in [3.63, 3.8) is 0 Å². The topological polar surface area (TPSA) is 46.8 Å². The van der Waals surface area contributed by atoms with Gasteiger partial charge in [0.2, 0.25) is 0 Å². The SMILES string of the molecule is Cc1cc(C)nc(Cn2ccnc2-c2cccc(C(C)N(C)C)c2)n1. The Balaban J connectivity index is 1.93. The van der Waals surface area contributed by atoms with Gasteiger partial charge in [0.1, 0.15) is 11.6 Å². The lowest BCUT2D eigenvalue weighted by atomic mass is 10.0. The first kappa shape index (κ1) is 17.3. The van der Waals surface area contributed by atoms with Crippen molar-refractivity contribution in [3.05, 3.63) is 65.5 Å². The van der Waals surface area contributed by atoms with Gasteiger partial charge in [-0.15, -0.1) is 0 Å². The quantitative estimate of drug-likeness (QED) is 0.714. The summed E-state index contributed by atoms with van der Waals surface area (Å²) in [6.45, 7) is 6.82. The van der Waals surface area contributed by atoms with Crippen LogP contribution in [-0.4, -0.2) is 38.5 Å². The summed E-state index contributed by atoms with van der Waals surface area (Å²) in [5.74, 6) is 1.75. The maximum Gasteiger partial charge on any atom is 0.148 e. The molecule has 1 unspecified atom stereocenters. The van der Waals surface area contributed by atoms with Gasteiger partial charge in [-0.05, 0) is 52.6 Å². The molecular weight excluding hydrogens is 310 g/mol. The summed E-state index contributed by atoms with van der Waals surface area (Å²) in [6, 6.07) is 10.9. The molecule has 130 valence electrons. The number of nitrogens with zero attached hydrogens (tertiary/aromatic N) is 5. The van der Waals surface area contributed by atoms with E-state index in [1.165, 1.54) is 5.56 Å². The Bertz CT molecular complexity index is 846. The van der Waals surface area contributed by atoms with Crippen molar-refractivity contribution in [2.45, 2.75) is 33.4 Å². The van der Waals surface area contributed by atoms with Gasteiger partial charge in [-0.1, -0.05) is 18.2 Å². The third kappa shape index (κ3) is 3.94. The van der Waals surface area contributed by atoms with Crippen LogP contribution in [0.2, 0.25) is 0 Å². The molecule has 2 aromatic heterocycles. The number of benzene rings is 1. The molecule has 0 bridgehead atoms. The zero-order chi connectivity index (χ0) is 18.0. The van der Waals surface area contributed by atoms with Gasteiger partial charge in [-0.3, -0.25) is 0 Å². The molecule has 25 heavy (non-hydrogen) atoms. The zero-order valence-electron chi connectivity index (χ0n) is 15.6. The number of hydrogen-bond acceptors (Lipinski definition) is 4. The lowest BCUT2D eigenvalue weighted by Crippen LogP contribution is -2.16. The lowest BCUT2D eigenvalue weighted by molar-refractivity contribution is 0.321. The van der Waals surface area contributed by atoms with Gasteiger partial charge in [0.15, 0.2) is 0 Å². The number of imidazole rings is 1. The molecule has 1 atom stereocenters. The second-order valence-electron chi connectivity index (χ2n) is 6.71. The second kappa shape index (κ2) is 7.15. The van der Waals surface area contributed by atoms with Crippen LogP contribution in [0.1, 0.15) is 35.7 Å². The van der Waals surface area contributed by atoms with Crippen LogP contribution >= 0.6 is 0 Å². The van der Waals surface area contributed by atoms with Crippen LogP contribution in [0.4, 0.5) is 0 Å². The first-order valence-electron chi connectivity index (χ1n) is 8.53. The molecule has 0 aliphatic rings. The van der Waals surface area contributed by atoms with Gasteiger partial charge in [0, 0.05) is 35.4 Å². The standard InChI is InChI=1S/C20H25N5/c1-14-11-15(2)23-19(22-14)13-25-10-9-21-20(25)18-8-6-7-17(12-18)16(3)24(4)5/h6-12,16H,13H2,1-5H3. The summed E-state index contributed by atoms with van der Waals surface area (Å²) in [5, 5.41) is 0. The largest absolute Gasteiger partial charge is 0.323 e. The molecule has 0 saturated heterocycles. The van der Waals surface area contributed by atoms with E-state index in [4.69, 9.17) is 0 Å². The van der Waals surface area contributed by atoms with Crippen LogP contribution in [0.15, 0.2) is 42.7 Å². The Kier molecular flexibility index (Phi) is 4.95. The van der Waals surface area contributed by atoms with Crippen LogP contribution in [0.25, 0.3) is 11.4 Å². The highest BCUT2D eigenvalue weighted by atomic mass is 15.1. The van der Waals surface area contributed by atoms with Gasteiger partial charge in [-0.2, -0.15) is 0 Å². The third-order valence-corrected chi connectivity index (χ3v) is 4.46. The van der Waals surface area contributed by atoms with Crippen LogP contribution in [0.3, 0.4) is 0 Å². The second-order valence-corrected chi connectivity index (χ2v) is 6.71. The molecule has 0 saturated carbocycles. The van der Waals surface area contributed by atoms with Crippen molar-refractivity contribution < 1.29 is 0 Å². The minimum atomic E-state index is 0.353. The van der Waals surface area contributed by atoms with Gasteiger partial charge in [0.25, 0.3) is 0 Å². The fourth-order valence-corrected chi connectivity index (χ4v) is 2.95. The monoisotopic (exact) mass is 335 g/mol. The third-order valence-electron chi connectivity index (χ3n) is 4.46. The van der Waals surface area contributed by atoms with Gasteiger partial charge in [-0.25, -0.2) is 15.0 Å². The molecule has 5 nitrogen and oxygen atoms in total. The highest BCUT2D eigenvalue weighted by molar-refractivity contribution is 5.57. The predicted octanol–water partition coefficient (Wildman–Crippen LogP) is 3.63. The number of rotatable bonds is 5. The van der Waals surface area contributed by atoms with Crippen LogP contribution in [0, 0.1) is 13.8 Å². The highest BCUT2D eigenvalue weighted by Crippen LogP contribution is 2.24. The first-order valence-corrected chi connectivity index (χ1v) is 8.53. The Morgan fingerprint density at radius 1 is 1.08 bits per heavy atom. The summed E-state index contributed by atoms with van der Waals surface area (Å²) in [6.07, 6.45) is 3.82. The summed E-state index contributed by atoms with van der Waals surface area (Å²) >= 11 is 0. The Labute approximate surface area is 149 Å². The van der Waals surface area contributed by atoms with E-state index in [1.54, 1.807) is 0 Å². The maximum atomic E-state index is 4.57. The van der Waals surface area contributed by atoms with Gasteiger partial charge >= 0.3 is 0 Å². The van der Waals surface area contributed by atoms with Crippen molar-refractivity contribution in [3.8, 4) is 11.4 Å². The van der Waals surface area contributed by atoms with Gasteiger partial charge < -0.3 is 9.47 Å². The molecule has 0 N–H and O–H groups in total. The molecule has 3 rings (SSSR count). The van der Waals surface area contributed by atoms with Crippen molar-refractivity contribution in [2.75, 3.05) is 14.1 Å². The molecule has 0 fully saturated rings. The smallest absolute Gasteiger partial charge is 0.148 e. The van der Waals surface area contributed by atoms with Crippen molar-refractivity contribution in [2.24, 2.45) is 0 Å². The summed E-state index contributed by atoms with van der Waals surface area (Å²) in [4.78, 5) is 15.9. The normalized spacial score (nSPS) is 12.6. The molecule has 0 aliphatic heterocycles. The van der Waals surface area contributed by atoms with Crippen molar-refractivity contribution in [1.29, 1.82) is 0 Å². The minimum Gasteiger partial charge on any atom is -0.323 e. The zero-order valence-corrected chi connectivity index (χ0v) is 15.6. The molecule has 0 amide bonds. The van der Waals surface area contributed by atoms with Crippen molar-refractivity contribution in [1.82, 2.24) is 24.4 Å². The number of hydrogen-bond donors (Lipinski definition) is 0. The molecule has 5 heteroatoms. The molecule has 2 heterocycles. The minimum absolute atomic E-state index is 0.353. The van der Waals surface area contributed by atoms with E-state index >= 15 is 0 Å². The summed E-state index contributed by atoms with van der Waals surface area (Å²) in [7, 11) is 4.19.